The Hall–Kier alpha value is -3.30. The lowest BCUT2D eigenvalue weighted by molar-refractivity contribution is -0.137. The number of hydrogen-bond acceptors (Lipinski definition) is 6. The van der Waals surface area contributed by atoms with E-state index in [1.807, 2.05) is 0 Å². The minimum Gasteiger partial charge on any atom is -0.508 e. The highest BCUT2D eigenvalue weighted by Gasteiger charge is 2.25. The molecule has 0 aliphatic heterocycles. The molecule has 5 N–H and O–H groups in total. The number of carbonyl (C=O) groups excluding carboxylic acids is 3. The summed E-state index contributed by atoms with van der Waals surface area (Å²) in [5.74, 6) is -2.49. The van der Waals surface area contributed by atoms with Crippen molar-refractivity contribution in [3.8, 4) is 5.75 Å². The molecule has 3 amide bonds. The predicted molar refractivity (Wildman–Crippen MR) is 98.6 cm³/mol. The van der Waals surface area contributed by atoms with Gasteiger partial charge in [-0.2, -0.15) is 0 Å². The largest absolute Gasteiger partial charge is 0.508 e. The summed E-state index contributed by atoms with van der Waals surface area (Å²) in [6.07, 6.45) is -0.719. The first-order valence-electron chi connectivity index (χ1n) is 8.50. The summed E-state index contributed by atoms with van der Waals surface area (Å²) in [4.78, 5) is 46.4. The maximum atomic E-state index is 12.4. The Balaban J connectivity index is 2.76. The standard InChI is InChI=1S/C18H25N3O7/c1-18(2,3)28-17(27)21-13(8-11-4-6-12(22)7-5-11)16(26)20-9-14(23)19-10-15(24)25/h4-7,13,22H,8-10H2,1-3H3,(H,19,23)(H,20,26)(H,21,27)(H,24,25)/t13-/m0/s1. The molecule has 10 heteroatoms. The predicted octanol–water partition coefficient (Wildman–Crippen LogP) is 0.145. The molecule has 28 heavy (non-hydrogen) atoms. The van der Waals surface area contributed by atoms with Crippen LogP contribution >= 0.6 is 0 Å². The Morgan fingerprint density at radius 1 is 1.04 bits per heavy atom. The summed E-state index contributed by atoms with van der Waals surface area (Å²) in [5.41, 5.74) is -0.107. The van der Waals surface area contributed by atoms with Crippen molar-refractivity contribution in [3.05, 3.63) is 29.8 Å². The van der Waals surface area contributed by atoms with Gasteiger partial charge in [-0.25, -0.2) is 4.79 Å². The Morgan fingerprint density at radius 2 is 1.64 bits per heavy atom. The third-order valence-electron chi connectivity index (χ3n) is 3.24. The zero-order chi connectivity index (χ0) is 21.3. The van der Waals surface area contributed by atoms with Crippen molar-refractivity contribution in [1.29, 1.82) is 0 Å². The summed E-state index contributed by atoms with van der Waals surface area (Å²) in [5, 5.41) is 24.8. The van der Waals surface area contributed by atoms with E-state index in [0.717, 1.165) is 0 Å². The Kier molecular flexibility index (Phi) is 8.24. The molecule has 1 aromatic rings. The molecular weight excluding hydrogens is 370 g/mol. The van der Waals surface area contributed by atoms with Crippen molar-refractivity contribution in [2.24, 2.45) is 0 Å². The van der Waals surface area contributed by atoms with Crippen LogP contribution in [0.2, 0.25) is 0 Å². The van der Waals surface area contributed by atoms with Gasteiger partial charge < -0.3 is 30.9 Å². The van der Waals surface area contributed by atoms with Gasteiger partial charge in [-0.05, 0) is 38.5 Å². The van der Waals surface area contributed by atoms with E-state index in [9.17, 15) is 24.3 Å². The summed E-state index contributed by atoms with van der Waals surface area (Å²) in [7, 11) is 0. The monoisotopic (exact) mass is 395 g/mol. The minimum absolute atomic E-state index is 0.0555. The van der Waals surface area contributed by atoms with Crippen LogP contribution in [0.4, 0.5) is 4.79 Å². The van der Waals surface area contributed by atoms with Crippen molar-refractivity contribution in [1.82, 2.24) is 16.0 Å². The lowest BCUT2D eigenvalue weighted by atomic mass is 10.1. The van der Waals surface area contributed by atoms with Gasteiger partial charge in [0.05, 0.1) is 6.54 Å². The van der Waals surface area contributed by atoms with Gasteiger partial charge in [0.2, 0.25) is 11.8 Å². The maximum absolute atomic E-state index is 12.4. The highest BCUT2D eigenvalue weighted by Crippen LogP contribution is 2.12. The number of phenols is 1. The minimum atomic E-state index is -1.21. The Labute approximate surface area is 162 Å². The topological polar surface area (TPSA) is 154 Å². The molecule has 0 radical (unpaired) electrons. The van der Waals surface area contributed by atoms with Crippen LogP contribution in [-0.2, 0) is 25.5 Å². The van der Waals surface area contributed by atoms with E-state index in [0.29, 0.717) is 5.56 Å². The molecule has 0 fully saturated rings. The van der Waals surface area contributed by atoms with Crippen LogP contribution in [0.3, 0.4) is 0 Å². The second-order valence-corrected chi connectivity index (χ2v) is 6.96. The van der Waals surface area contributed by atoms with Crippen molar-refractivity contribution >= 4 is 23.9 Å². The molecule has 0 spiro atoms. The number of benzene rings is 1. The SMILES string of the molecule is CC(C)(C)OC(=O)N[C@@H](Cc1ccc(O)cc1)C(=O)NCC(=O)NCC(=O)O. The lowest BCUT2D eigenvalue weighted by Crippen LogP contribution is -2.51. The highest BCUT2D eigenvalue weighted by molar-refractivity contribution is 5.90. The summed E-state index contributed by atoms with van der Waals surface area (Å²) < 4.78 is 5.15. The molecule has 1 aromatic carbocycles. The first-order valence-corrected chi connectivity index (χ1v) is 8.50. The number of ether oxygens (including phenoxy) is 1. The molecule has 0 aliphatic rings. The van der Waals surface area contributed by atoms with Gasteiger partial charge in [-0.15, -0.1) is 0 Å². The Morgan fingerprint density at radius 3 is 2.18 bits per heavy atom. The van der Waals surface area contributed by atoms with Crippen molar-refractivity contribution in [2.45, 2.75) is 38.8 Å². The number of phenolic OH excluding ortho intramolecular Hbond substituents is 1. The number of rotatable bonds is 8. The fourth-order valence-electron chi connectivity index (χ4n) is 2.05. The fraction of sp³-hybridized carbons (Fsp3) is 0.444. The smallest absolute Gasteiger partial charge is 0.408 e. The molecule has 0 saturated carbocycles. The third-order valence-corrected chi connectivity index (χ3v) is 3.24. The van der Waals surface area contributed by atoms with E-state index < -0.39 is 48.6 Å². The van der Waals surface area contributed by atoms with Gasteiger partial charge in [0.25, 0.3) is 0 Å². The van der Waals surface area contributed by atoms with Crippen molar-refractivity contribution < 1.29 is 34.1 Å². The number of aliphatic carboxylic acids is 1. The van der Waals surface area contributed by atoms with Crippen LogP contribution in [-0.4, -0.2) is 58.8 Å². The number of carboxylic acid groups (broad SMARTS) is 1. The van der Waals surface area contributed by atoms with Crippen molar-refractivity contribution in [3.63, 3.8) is 0 Å². The normalized spacial score (nSPS) is 11.8. The fourth-order valence-corrected chi connectivity index (χ4v) is 2.05. The first-order chi connectivity index (χ1) is 13.0. The molecule has 0 unspecified atom stereocenters. The number of amides is 3. The van der Waals surface area contributed by atoms with Gasteiger partial charge in [0, 0.05) is 6.42 Å². The average molecular weight is 395 g/mol. The quantitative estimate of drug-likeness (QED) is 0.419. The second kappa shape index (κ2) is 10.1. The van der Waals surface area contributed by atoms with Gasteiger partial charge in [-0.3, -0.25) is 14.4 Å². The zero-order valence-electron chi connectivity index (χ0n) is 15.9. The number of alkyl carbamates (subject to hydrolysis) is 1. The molecule has 154 valence electrons. The van der Waals surface area contributed by atoms with Crippen LogP contribution in [0.15, 0.2) is 24.3 Å². The first kappa shape index (κ1) is 22.7. The number of hydrogen-bond donors (Lipinski definition) is 5. The Bertz CT molecular complexity index is 711. The highest BCUT2D eigenvalue weighted by atomic mass is 16.6. The van der Waals surface area contributed by atoms with Gasteiger partial charge >= 0.3 is 12.1 Å². The van der Waals surface area contributed by atoms with E-state index in [1.165, 1.54) is 12.1 Å². The summed E-state index contributed by atoms with van der Waals surface area (Å²) in [6, 6.07) is 5.01. The molecule has 0 heterocycles. The summed E-state index contributed by atoms with van der Waals surface area (Å²) >= 11 is 0. The summed E-state index contributed by atoms with van der Waals surface area (Å²) in [6.45, 7) is 4.01. The van der Waals surface area contributed by atoms with Gasteiger partial charge in [-0.1, -0.05) is 12.1 Å². The second-order valence-electron chi connectivity index (χ2n) is 6.96. The average Bonchev–Trinajstić information content (AvgIpc) is 2.57. The van der Waals surface area contributed by atoms with E-state index in [1.54, 1.807) is 32.9 Å². The van der Waals surface area contributed by atoms with E-state index in [-0.39, 0.29) is 12.2 Å². The molecule has 1 atom stereocenters. The van der Waals surface area contributed by atoms with Crippen LogP contribution in [0, 0.1) is 0 Å². The van der Waals surface area contributed by atoms with Gasteiger partial charge in [0.1, 0.15) is 23.9 Å². The molecule has 1 rings (SSSR count). The molecule has 0 saturated heterocycles. The van der Waals surface area contributed by atoms with Crippen LogP contribution < -0.4 is 16.0 Å². The number of carbonyl (C=O) groups is 4. The van der Waals surface area contributed by atoms with E-state index in [2.05, 4.69) is 16.0 Å². The molecule has 10 nitrogen and oxygen atoms in total. The van der Waals surface area contributed by atoms with Crippen LogP contribution in [0.1, 0.15) is 26.3 Å². The number of nitrogens with one attached hydrogen (secondary N) is 3. The van der Waals surface area contributed by atoms with E-state index >= 15 is 0 Å². The zero-order valence-corrected chi connectivity index (χ0v) is 15.9. The van der Waals surface area contributed by atoms with Crippen LogP contribution in [0.25, 0.3) is 0 Å². The van der Waals surface area contributed by atoms with E-state index in [4.69, 9.17) is 9.84 Å². The molecular formula is C18H25N3O7. The van der Waals surface area contributed by atoms with Crippen LogP contribution in [0.5, 0.6) is 5.75 Å². The number of carboxylic acids is 1. The number of aromatic hydroxyl groups is 1. The molecule has 0 aliphatic carbocycles. The van der Waals surface area contributed by atoms with Crippen molar-refractivity contribution in [2.75, 3.05) is 13.1 Å². The van der Waals surface area contributed by atoms with Gasteiger partial charge in [0.15, 0.2) is 0 Å². The maximum Gasteiger partial charge on any atom is 0.408 e. The third kappa shape index (κ3) is 9.41. The lowest BCUT2D eigenvalue weighted by Gasteiger charge is -2.23. The molecule has 0 bridgehead atoms. The molecule has 0 aromatic heterocycles.